The molecule has 0 unspecified atom stereocenters. The lowest BCUT2D eigenvalue weighted by molar-refractivity contribution is -0.114. The smallest absolute Gasteiger partial charge is 0.258 e. The summed E-state index contributed by atoms with van der Waals surface area (Å²) in [6, 6.07) is 5.92. The van der Waals surface area contributed by atoms with Crippen molar-refractivity contribution in [1.29, 1.82) is 0 Å². The summed E-state index contributed by atoms with van der Waals surface area (Å²) in [6.45, 7) is 17.3. The number of nitrogens with zero attached hydrogens (tertiary/aromatic N) is 2. The molecule has 0 aliphatic carbocycles. The lowest BCUT2D eigenvalue weighted by atomic mass is 10.0. The highest BCUT2D eigenvalue weighted by Gasteiger charge is 2.18. The number of carbonyl (C=O) groups is 1. The van der Waals surface area contributed by atoms with Crippen LogP contribution < -0.4 is 10.6 Å². The quantitative estimate of drug-likeness (QED) is 0.533. The Balaban J connectivity index is 0.00000176. The molecule has 144 valence electrons. The molecule has 27 heavy (non-hydrogen) atoms. The molecule has 2 N–H and O–H groups in total. The lowest BCUT2D eigenvalue weighted by Crippen LogP contribution is -2.28. The summed E-state index contributed by atoms with van der Waals surface area (Å²) >= 11 is 1.47. The number of hydrogen-bond donors (Lipinski definition) is 1. The Labute approximate surface area is 166 Å². The van der Waals surface area contributed by atoms with Gasteiger partial charge in [-0.05, 0) is 50.1 Å². The lowest BCUT2D eigenvalue weighted by Gasteiger charge is -2.21. The van der Waals surface area contributed by atoms with Gasteiger partial charge in [0, 0.05) is 28.7 Å². The molecule has 1 aromatic heterocycles. The third-order valence-corrected chi connectivity index (χ3v) is 4.72. The molecule has 0 spiro atoms. The van der Waals surface area contributed by atoms with Gasteiger partial charge in [-0.2, -0.15) is 0 Å². The summed E-state index contributed by atoms with van der Waals surface area (Å²) < 4.78 is 0. The molecule has 0 aliphatic heterocycles. The number of aryl methyl sites for hydroxylation is 2. The van der Waals surface area contributed by atoms with Crippen molar-refractivity contribution < 1.29 is 4.79 Å². The van der Waals surface area contributed by atoms with Crippen molar-refractivity contribution >= 4 is 28.1 Å². The number of aromatic nitrogens is 1. The largest absolute Gasteiger partial charge is 0.375 e. The normalized spacial score (nSPS) is 10.7. The molecular formula is C22H29N3OS. The molecule has 1 heterocycles. The average molecular weight is 384 g/mol. The summed E-state index contributed by atoms with van der Waals surface area (Å²) in [7, 11) is 1.76. The van der Waals surface area contributed by atoms with E-state index in [-0.39, 0.29) is 5.91 Å². The van der Waals surface area contributed by atoms with Gasteiger partial charge in [-0.15, -0.1) is 11.3 Å². The van der Waals surface area contributed by atoms with Gasteiger partial charge in [-0.25, -0.2) is 4.98 Å². The second-order valence-electron chi connectivity index (χ2n) is 5.92. The Morgan fingerprint density at radius 1 is 1.30 bits per heavy atom. The van der Waals surface area contributed by atoms with Crippen LogP contribution in [-0.4, -0.2) is 17.9 Å². The Bertz CT molecular complexity index is 878. The van der Waals surface area contributed by atoms with Gasteiger partial charge in [0.1, 0.15) is 0 Å². The number of amides is 1. The highest BCUT2D eigenvalue weighted by Crippen LogP contribution is 2.32. The van der Waals surface area contributed by atoms with Gasteiger partial charge in [-0.1, -0.05) is 39.1 Å². The van der Waals surface area contributed by atoms with E-state index in [1.54, 1.807) is 24.1 Å². The van der Waals surface area contributed by atoms with Crippen LogP contribution in [0.4, 0.5) is 10.8 Å². The summed E-state index contributed by atoms with van der Waals surface area (Å²) in [5, 5.41) is 0.558. The van der Waals surface area contributed by atoms with Gasteiger partial charge in [0.25, 0.3) is 5.91 Å². The zero-order valence-electron chi connectivity index (χ0n) is 17.1. The van der Waals surface area contributed by atoms with Crippen LogP contribution in [0.1, 0.15) is 31.2 Å². The molecule has 0 fully saturated rings. The molecule has 4 nitrogen and oxygen atoms in total. The monoisotopic (exact) mass is 383 g/mol. The maximum absolute atomic E-state index is 12.8. The van der Waals surface area contributed by atoms with Crippen LogP contribution in [0.2, 0.25) is 0 Å². The molecule has 0 saturated carbocycles. The minimum absolute atomic E-state index is 0.114. The fourth-order valence-electron chi connectivity index (χ4n) is 2.67. The number of nitrogen functional groups attached to an aromatic ring is 1. The zero-order chi connectivity index (χ0) is 20.7. The predicted molar refractivity (Wildman–Crippen MR) is 119 cm³/mol. The van der Waals surface area contributed by atoms with E-state index in [0.717, 1.165) is 27.4 Å². The van der Waals surface area contributed by atoms with E-state index in [1.165, 1.54) is 11.3 Å². The number of allylic oxidation sites excluding steroid dienone is 2. The van der Waals surface area contributed by atoms with Gasteiger partial charge in [0.2, 0.25) is 0 Å². The van der Waals surface area contributed by atoms with Gasteiger partial charge in [-0.3, -0.25) is 4.79 Å². The number of likely N-dealkylation sites (N-methyl/N-ethyl adjacent to an activating group) is 1. The molecule has 2 aromatic rings. The topological polar surface area (TPSA) is 59.2 Å². The molecule has 0 saturated heterocycles. The Morgan fingerprint density at radius 2 is 1.93 bits per heavy atom. The Hall–Kier alpha value is -2.66. The SMILES string of the molecule is C=C/C=C(\C(=C)C)C(=O)N(C)c1ccc(-c2nc(N)sc2C)cc1C.CC. The first-order chi connectivity index (χ1) is 12.8. The van der Waals surface area contributed by atoms with E-state index in [1.807, 2.05) is 52.8 Å². The molecular weight excluding hydrogens is 354 g/mol. The fraction of sp³-hybridized carbons (Fsp3) is 0.273. The number of carbonyl (C=O) groups excluding carboxylic acids is 1. The number of rotatable bonds is 5. The van der Waals surface area contributed by atoms with Crippen LogP contribution in [0.15, 0.2) is 54.7 Å². The highest BCUT2D eigenvalue weighted by molar-refractivity contribution is 7.15. The van der Waals surface area contributed by atoms with Gasteiger partial charge >= 0.3 is 0 Å². The first kappa shape index (κ1) is 22.4. The van der Waals surface area contributed by atoms with E-state index in [2.05, 4.69) is 18.1 Å². The van der Waals surface area contributed by atoms with Crippen molar-refractivity contribution in [3.05, 3.63) is 65.1 Å². The maximum Gasteiger partial charge on any atom is 0.258 e. The summed E-state index contributed by atoms with van der Waals surface area (Å²) in [5.74, 6) is -0.114. The second kappa shape index (κ2) is 9.88. The Kier molecular flexibility index (Phi) is 8.19. The molecule has 2 rings (SSSR count). The van der Waals surface area contributed by atoms with Gasteiger partial charge in [0.05, 0.1) is 5.69 Å². The van der Waals surface area contributed by atoms with Crippen LogP contribution >= 0.6 is 11.3 Å². The van der Waals surface area contributed by atoms with E-state index >= 15 is 0 Å². The van der Waals surface area contributed by atoms with E-state index in [9.17, 15) is 4.79 Å². The molecule has 5 heteroatoms. The van der Waals surface area contributed by atoms with E-state index in [4.69, 9.17) is 5.73 Å². The molecule has 0 atom stereocenters. The maximum atomic E-state index is 12.8. The minimum Gasteiger partial charge on any atom is -0.375 e. The number of anilines is 2. The number of nitrogens with two attached hydrogens (primary N) is 1. The highest BCUT2D eigenvalue weighted by atomic mass is 32.1. The van der Waals surface area contributed by atoms with Crippen LogP contribution in [-0.2, 0) is 4.79 Å². The van der Waals surface area contributed by atoms with Crippen molar-refractivity contribution in [2.75, 3.05) is 17.7 Å². The van der Waals surface area contributed by atoms with Crippen molar-refractivity contribution in [1.82, 2.24) is 4.98 Å². The van der Waals surface area contributed by atoms with Gasteiger partial charge < -0.3 is 10.6 Å². The zero-order valence-corrected chi connectivity index (χ0v) is 17.9. The van der Waals surface area contributed by atoms with Crippen molar-refractivity contribution in [3.63, 3.8) is 0 Å². The summed E-state index contributed by atoms with van der Waals surface area (Å²) in [6.07, 6.45) is 3.29. The molecule has 0 bridgehead atoms. The first-order valence-corrected chi connectivity index (χ1v) is 9.68. The molecule has 0 radical (unpaired) electrons. The van der Waals surface area contributed by atoms with Crippen molar-refractivity contribution in [2.45, 2.75) is 34.6 Å². The van der Waals surface area contributed by atoms with E-state index in [0.29, 0.717) is 16.3 Å². The molecule has 1 amide bonds. The summed E-state index contributed by atoms with van der Waals surface area (Å²) in [5.41, 5.74) is 10.8. The van der Waals surface area contributed by atoms with Gasteiger partial charge in [0.15, 0.2) is 5.13 Å². The number of thiazole rings is 1. The van der Waals surface area contributed by atoms with Crippen LogP contribution in [0, 0.1) is 13.8 Å². The third-order valence-electron chi connectivity index (χ3n) is 3.92. The van der Waals surface area contributed by atoms with Crippen LogP contribution in [0.25, 0.3) is 11.3 Å². The standard InChI is InChI=1S/C20H23N3OS.C2H6/c1-7-8-16(12(2)3)19(24)23(6)17-10-9-15(11-13(17)4)18-14(5)25-20(21)22-18;1-2/h7-11H,1-2H2,3-6H3,(H2,21,22);1-2H3/b16-8+;. The minimum atomic E-state index is -0.114. The Morgan fingerprint density at radius 3 is 2.37 bits per heavy atom. The second-order valence-corrected chi connectivity index (χ2v) is 7.15. The predicted octanol–water partition coefficient (Wildman–Crippen LogP) is 5.69. The number of benzene rings is 1. The van der Waals surface area contributed by atoms with Crippen LogP contribution in [0.5, 0.6) is 0 Å². The molecule has 0 aliphatic rings. The van der Waals surface area contributed by atoms with Crippen LogP contribution in [0.3, 0.4) is 0 Å². The van der Waals surface area contributed by atoms with Crippen molar-refractivity contribution in [3.8, 4) is 11.3 Å². The average Bonchev–Trinajstić information content (AvgIpc) is 2.98. The fourth-order valence-corrected chi connectivity index (χ4v) is 3.38. The number of hydrogen-bond acceptors (Lipinski definition) is 4. The van der Waals surface area contributed by atoms with E-state index < -0.39 is 0 Å². The molecule has 1 aromatic carbocycles. The van der Waals surface area contributed by atoms with Crippen molar-refractivity contribution in [2.24, 2.45) is 0 Å². The third kappa shape index (κ3) is 5.17. The summed E-state index contributed by atoms with van der Waals surface area (Å²) in [4.78, 5) is 19.9. The first-order valence-electron chi connectivity index (χ1n) is 8.86.